The number of thiazole rings is 1. The average Bonchev–Trinajstić information content (AvgIpc) is 3.19. The van der Waals surface area contributed by atoms with Gasteiger partial charge in [0.2, 0.25) is 5.91 Å². The summed E-state index contributed by atoms with van der Waals surface area (Å²) < 4.78 is 7.16. The Morgan fingerprint density at radius 3 is 2.60 bits per heavy atom. The highest BCUT2D eigenvalue weighted by molar-refractivity contribution is 7.20. The lowest BCUT2D eigenvalue weighted by molar-refractivity contribution is -0.120. The third-order valence-electron chi connectivity index (χ3n) is 6.31. The van der Waals surface area contributed by atoms with Gasteiger partial charge in [-0.15, -0.1) is 0 Å². The Balaban J connectivity index is 1.23. The fourth-order valence-electron chi connectivity index (χ4n) is 4.97. The summed E-state index contributed by atoms with van der Waals surface area (Å²) in [4.78, 5) is 18.6. The maximum Gasteiger partial charge on any atom is 0.279 e. The van der Waals surface area contributed by atoms with Crippen LogP contribution in [0.2, 0.25) is 0 Å². The standard InChI is InChI=1S/C24H27N3O2S/c1-15-3-10-22-23(11-15)30-24(26-22)29-21-8-4-17(5-9-21)14-27-19-6-7-20(27)13-18(12-19)25-16(2)28/h3-5,8-11,18-20H,6-7,12-14H2,1-2H3,(H,25,28)/t19-,20-/m1/s1. The smallest absolute Gasteiger partial charge is 0.279 e. The van der Waals surface area contributed by atoms with E-state index in [9.17, 15) is 4.79 Å². The summed E-state index contributed by atoms with van der Waals surface area (Å²) in [6.45, 7) is 4.67. The molecule has 5 rings (SSSR count). The summed E-state index contributed by atoms with van der Waals surface area (Å²) in [6, 6.07) is 16.1. The summed E-state index contributed by atoms with van der Waals surface area (Å²) in [5.74, 6) is 0.911. The van der Waals surface area contributed by atoms with E-state index in [0.29, 0.717) is 23.3 Å². The van der Waals surface area contributed by atoms with Crippen molar-refractivity contribution in [3.63, 3.8) is 0 Å². The molecule has 5 nitrogen and oxygen atoms in total. The Hall–Kier alpha value is -2.44. The predicted molar refractivity (Wildman–Crippen MR) is 120 cm³/mol. The van der Waals surface area contributed by atoms with Gasteiger partial charge < -0.3 is 10.1 Å². The zero-order valence-electron chi connectivity index (χ0n) is 17.4. The van der Waals surface area contributed by atoms with Gasteiger partial charge in [-0.25, -0.2) is 4.98 Å². The molecule has 30 heavy (non-hydrogen) atoms. The number of aromatic nitrogens is 1. The lowest BCUT2D eigenvalue weighted by atomic mass is 9.96. The number of fused-ring (bicyclic) bond motifs is 3. The highest BCUT2D eigenvalue weighted by Gasteiger charge is 2.40. The molecule has 2 bridgehead atoms. The van der Waals surface area contributed by atoms with Crippen LogP contribution in [-0.2, 0) is 11.3 Å². The van der Waals surface area contributed by atoms with E-state index in [2.05, 4.69) is 46.4 Å². The van der Waals surface area contributed by atoms with Crippen LogP contribution < -0.4 is 10.1 Å². The Labute approximate surface area is 181 Å². The van der Waals surface area contributed by atoms with E-state index < -0.39 is 0 Å². The van der Waals surface area contributed by atoms with Crippen LogP contribution in [0.3, 0.4) is 0 Å². The molecule has 2 atom stereocenters. The van der Waals surface area contributed by atoms with Crippen LogP contribution in [0.1, 0.15) is 43.7 Å². The first kappa shape index (κ1) is 19.5. The molecule has 3 aromatic rings. The lowest BCUT2D eigenvalue weighted by Crippen LogP contribution is -2.49. The molecule has 1 N–H and O–H groups in total. The van der Waals surface area contributed by atoms with E-state index in [1.165, 1.54) is 24.0 Å². The van der Waals surface area contributed by atoms with Crippen molar-refractivity contribution >= 4 is 27.5 Å². The fraction of sp³-hybridized carbons (Fsp3) is 0.417. The van der Waals surface area contributed by atoms with Gasteiger partial charge in [-0.05, 0) is 68.0 Å². The minimum absolute atomic E-state index is 0.0895. The van der Waals surface area contributed by atoms with Crippen molar-refractivity contribution in [3.05, 3.63) is 53.6 Å². The molecule has 0 radical (unpaired) electrons. The predicted octanol–water partition coefficient (Wildman–Crippen LogP) is 5.03. The van der Waals surface area contributed by atoms with Crippen LogP contribution in [0.15, 0.2) is 42.5 Å². The Morgan fingerprint density at radius 1 is 1.17 bits per heavy atom. The Morgan fingerprint density at radius 2 is 1.90 bits per heavy atom. The van der Waals surface area contributed by atoms with Gasteiger partial charge in [0.15, 0.2) is 0 Å². The summed E-state index contributed by atoms with van der Waals surface area (Å²) >= 11 is 1.58. The first-order chi connectivity index (χ1) is 14.5. The molecule has 0 aliphatic carbocycles. The van der Waals surface area contributed by atoms with Crippen LogP contribution in [0.4, 0.5) is 0 Å². The summed E-state index contributed by atoms with van der Waals surface area (Å²) in [7, 11) is 0. The zero-order chi connectivity index (χ0) is 20.7. The number of carbonyl (C=O) groups is 1. The number of hydrogen-bond donors (Lipinski definition) is 1. The third kappa shape index (κ3) is 4.07. The molecule has 2 aliphatic heterocycles. The lowest BCUT2D eigenvalue weighted by Gasteiger charge is -2.39. The number of piperidine rings is 1. The third-order valence-corrected chi connectivity index (χ3v) is 7.21. The molecule has 0 saturated carbocycles. The molecule has 0 unspecified atom stereocenters. The van der Waals surface area contributed by atoms with Crippen molar-refractivity contribution in [2.24, 2.45) is 0 Å². The maximum absolute atomic E-state index is 11.4. The molecule has 156 valence electrons. The number of nitrogens with zero attached hydrogens (tertiary/aromatic N) is 2. The zero-order valence-corrected chi connectivity index (χ0v) is 18.2. The second-order valence-corrected chi connectivity index (χ2v) is 9.62. The minimum atomic E-state index is 0.0895. The SMILES string of the molecule is CC(=O)NC1C[C@H]2CC[C@H](C1)N2Cc1ccc(Oc2nc3ccc(C)cc3s2)cc1. The number of carbonyl (C=O) groups excluding carboxylic acids is 1. The number of aryl methyl sites for hydroxylation is 1. The maximum atomic E-state index is 11.4. The second-order valence-electron chi connectivity index (χ2n) is 8.62. The minimum Gasteiger partial charge on any atom is -0.431 e. The van der Waals surface area contributed by atoms with E-state index in [-0.39, 0.29) is 5.91 Å². The van der Waals surface area contributed by atoms with Crippen molar-refractivity contribution in [3.8, 4) is 10.9 Å². The monoisotopic (exact) mass is 421 g/mol. The number of hydrogen-bond acceptors (Lipinski definition) is 5. The van der Waals surface area contributed by atoms with Crippen LogP contribution >= 0.6 is 11.3 Å². The molecule has 1 aromatic heterocycles. The average molecular weight is 422 g/mol. The van der Waals surface area contributed by atoms with Crippen LogP contribution in [-0.4, -0.2) is 33.9 Å². The summed E-state index contributed by atoms with van der Waals surface area (Å²) in [5, 5.41) is 3.80. The quantitative estimate of drug-likeness (QED) is 0.628. The van der Waals surface area contributed by atoms with Gasteiger partial charge in [-0.3, -0.25) is 9.69 Å². The summed E-state index contributed by atoms with van der Waals surface area (Å²) in [5.41, 5.74) is 3.52. The van der Waals surface area contributed by atoms with Gasteiger partial charge in [-0.1, -0.05) is 29.5 Å². The molecular formula is C24H27N3O2S. The molecule has 1 amide bonds. The van der Waals surface area contributed by atoms with E-state index in [1.807, 2.05) is 18.2 Å². The molecule has 2 aliphatic rings. The van der Waals surface area contributed by atoms with Crippen molar-refractivity contribution in [1.82, 2.24) is 15.2 Å². The van der Waals surface area contributed by atoms with Gasteiger partial charge in [0.05, 0.1) is 10.2 Å². The highest BCUT2D eigenvalue weighted by atomic mass is 32.1. The number of nitrogens with one attached hydrogen (secondary N) is 1. The van der Waals surface area contributed by atoms with Gasteiger partial charge in [0.25, 0.3) is 5.19 Å². The molecule has 2 fully saturated rings. The topological polar surface area (TPSA) is 54.5 Å². The van der Waals surface area contributed by atoms with Gasteiger partial charge in [0.1, 0.15) is 5.75 Å². The number of rotatable bonds is 5. The molecule has 0 spiro atoms. The van der Waals surface area contributed by atoms with E-state index in [1.54, 1.807) is 18.3 Å². The highest BCUT2D eigenvalue weighted by Crippen LogP contribution is 2.37. The molecule has 3 heterocycles. The second kappa shape index (κ2) is 8.00. The number of amides is 1. The Bertz CT molecular complexity index is 1050. The first-order valence-electron chi connectivity index (χ1n) is 10.7. The van der Waals surface area contributed by atoms with E-state index in [4.69, 9.17) is 4.74 Å². The number of ether oxygens (including phenoxy) is 1. The van der Waals surface area contributed by atoms with Crippen LogP contribution in [0.5, 0.6) is 10.9 Å². The first-order valence-corrected chi connectivity index (χ1v) is 11.5. The normalized spacial score (nSPS) is 23.6. The van der Waals surface area contributed by atoms with Crippen LogP contribution in [0, 0.1) is 6.92 Å². The van der Waals surface area contributed by atoms with Gasteiger partial charge >= 0.3 is 0 Å². The van der Waals surface area contributed by atoms with Gasteiger partial charge in [-0.2, -0.15) is 0 Å². The Kier molecular flexibility index (Phi) is 5.21. The van der Waals surface area contributed by atoms with E-state index >= 15 is 0 Å². The molecule has 6 heteroatoms. The summed E-state index contributed by atoms with van der Waals surface area (Å²) in [6.07, 6.45) is 4.60. The van der Waals surface area contributed by atoms with Crippen molar-refractivity contribution < 1.29 is 9.53 Å². The van der Waals surface area contributed by atoms with Crippen molar-refractivity contribution in [2.45, 2.75) is 64.2 Å². The molecular weight excluding hydrogens is 394 g/mol. The van der Waals surface area contributed by atoms with Gasteiger partial charge in [0, 0.05) is 31.6 Å². The number of benzene rings is 2. The van der Waals surface area contributed by atoms with Crippen molar-refractivity contribution in [1.29, 1.82) is 0 Å². The molecule has 2 aromatic carbocycles. The fourth-order valence-corrected chi connectivity index (χ4v) is 5.90. The largest absolute Gasteiger partial charge is 0.431 e. The van der Waals surface area contributed by atoms with E-state index in [0.717, 1.165) is 35.4 Å². The van der Waals surface area contributed by atoms with Crippen LogP contribution in [0.25, 0.3) is 10.2 Å². The molecule has 2 saturated heterocycles. The van der Waals surface area contributed by atoms with Crippen molar-refractivity contribution in [2.75, 3.05) is 0 Å².